The second-order valence-electron chi connectivity index (χ2n) is 8.81. The number of carbonyl (C=O) groups excluding carboxylic acids is 2. The lowest BCUT2D eigenvalue weighted by molar-refractivity contribution is -0.126. The van der Waals surface area contributed by atoms with E-state index in [2.05, 4.69) is 4.90 Å². The summed E-state index contributed by atoms with van der Waals surface area (Å²) in [4.78, 5) is 30.2. The van der Waals surface area contributed by atoms with Crippen LogP contribution in [0.15, 0.2) is 35.2 Å². The Morgan fingerprint density at radius 3 is 2.19 bits per heavy atom. The Balaban J connectivity index is 1.46. The summed E-state index contributed by atoms with van der Waals surface area (Å²) in [6.07, 6.45) is 2.07. The predicted octanol–water partition coefficient (Wildman–Crippen LogP) is 2.81. The molecule has 0 aromatic heterocycles. The fourth-order valence-corrected chi connectivity index (χ4v) is 5.44. The molecule has 1 atom stereocenters. The first-order valence-corrected chi connectivity index (χ1v) is 13.5. The zero-order valence-electron chi connectivity index (χ0n) is 22.2. The highest BCUT2D eigenvalue weighted by Gasteiger charge is 2.30. The minimum atomic E-state index is -1.14. The van der Waals surface area contributed by atoms with Crippen molar-refractivity contribution in [2.45, 2.75) is 24.2 Å². The standard InChI is InChI=1S/C27H36N2O7S/c1-28(12-7-15-37(32)20-8-9-22(33-2)24(17-20)35-4)11-6-13-29-14-10-19-16-23(34-3)25(36-5)18-21(19)26(30)27(29)31/h8-9,16-18H,6-7,10-15H2,1-5H3. The van der Waals surface area contributed by atoms with Crippen LogP contribution < -0.4 is 18.9 Å². The molecule has 0 saturated carbocycles. The second-order valence-corrected chi connectivity index (χ2v) is 10.4. The van der Waals surface area contributed by atoms with Gasteiger partial charge in [-0.05, 0) is 67.4 Å². The van der Waals surface area contributed by atoms with Crippen molar-refractivity contribution in [3.8, 4) is 23.0 Å². The molecule has 10 heteroatoms. The number of benzene rings is 2. The van der Waals surface area contributed by atoms with E-state index in [1.54, 1.807) is 56.6 Å². The molecule has 1 heterocycles. The quantitative estimate of drug-likeness (QED) is 0.287. The number of hydrogen-bond donors (Lipinski definition) is 0. The Bertz CT molecular complexity index is 1090. The summed E-state index contributed by atoms with van der Waals surface area (Å²) in [5.41, 5.74) is 1.17. The zero-order valence-corrected chi connectivity index (χ0v) is 23.0. The first kappa shape index (κ1) is 28.6. The van der Waals surface area contributed by atoms with Crippen molar-refractivity contribution in [3.63, 3.8) is 0 Å². The van der Waals surface area contributed by atoms with Gasteiger partial charge in [-0.3, -0.25) is 9.59 Å². The molecule has 2 aromatic carbocycles. The molecule has 3 rings (SSSR count). The summed E-state index contributed by atoms with van der Waals surface area (Å²) >= 11 is -1.14. The van der Waals surface area contributed by atoms with Gasteiger partial charge in [0.25, 0.3) is 11.7 Å². The number of rotatable bonds is 13. The van der Waals surface area contributed by atoms with Gasteiger partial charge in [0.1, 0.15) is 5.75 Å². The molecular weight excluding hydrogens is 496 g/mol. The summed E-state index contributed by atoms with van der Waals surface area (Å²) in [5, 5.41) is 0. The van der Waals surface area contributed by atoms with Crippen LogP contribution >= 0.6 is 0 Å². The number of ether oxygens (including phenoxy) is 4. The molecule has 0 saturated heterocycles. The molecule has 0 spiro atoms. The molecule has 0 N–H and O–H groups in total. The highest BCUT2D eigenvalue weighted by atomic mass is 32.2. The average Bonchev–Trinajstić information content (AvgIpc) is 3.03. The topological polar surface area (TPSA) is 101 Å². The summed E-state index contributed by atoms with van der Waals surface area (Å²) in [7, 11) is 8.18. The average molecular weight is 533 g/mol. The monoisotopic (exact) mass is 532 g/mol. The number of hydrogen-bond acceptors (Lipinski definition) is 8. The third-order valence-corrected chi connectivity index (χ3v) is 7.88. The molecule has 0 radical (unpaired) electrons. The van der Waals surface area contributed by atoms with Gasteiger partial charge >= 0.3 is 0 Å². The van der Waals surface area contributed by atoms with Gasteiger partial charge in [-0.1, -0.05) is 0 Å². The van der Waals surface area contributed by atoms with Gasteiger partial charge in [-0.2, -0.15) is 0 Å². The van der Waals surface area contributed by atoms with Gasteiger partial charge < -0.3 is 33.3 Å². The van der Waals surface area contributed by atoms with Crippen molar-refractivity contribution >= 4 is 22.9 Å². The summed E-state index contributed by atoms with van der Waals surface area (Å²) in [5.74, 6) is 1.68. The highest BCUT2D eigenvalue weighted by molar-refractivity contribution is 7.91. The third kappa shape index (κ3) is 7.09. The van der Waals surface area contributed by atoms with Gasteiger partial charge in [-0.25, -0.2) is 0 Å². The number of ketones is 1. The maximum absolute atomic E-state index is 12.9. The fraction of sp³-hybridized carbons (Fsp3) is 0.481. The Hall–Kier alpha value is -2.95. The SMILES string of the molecule is COc1ccc([S+]([O-])CCCN(C)CCCN2CCc3cc(OC)c(OC)cc3C(=O)C2=O)cc1OC. The molecule has 1 aliphatic heterocycles. The highest BCUT2D eigenvalue weighted by Crippen LogP contribution is 2.33. The van der Waals surface area contributed by atoms with Gasteiger partial charge in [-0.15, -0.1) is 0 Å². The Morgan fingerprint density at radius 2 is 1.51 bits per heavy atom. The van der Waals surface area contributed by atoms with Gasteiger partial charge in [0.15, 0.2) is 27.9 Å². The molecule has 0 aliphatic carbocycles. The number of fused-ring (bicyclic) bond motifs is 1. The van der Waals surface area contributed by atoms with Crippen LogP contribution in [-0.2, 0) is 22.4 Å². The lowest BCUT2D eigenvalue weighted by Crippen LogP contribution is -2.38. The predicted molar refractivity (Wildman–Crippen MR) is 142 cm³/mol. The van der Waals surface area contributed by atoms with E-state index in [0.717, 1.165) is 31.5 Å². The zero-order chi connectivity index (χ0) is 26.9. The smallest absolute Gasteiger partial charge is 0.294 e. The number of carbonyl (C=O) groups is 2. The van der Waals surface area contributed by atoms with Crippen LogP contribution in [0.25, 0.3) is 0 Å². The summed E-state index contributed by atoms with van der Waals surface area (Å²) < 4.78 is 33.9. The van der Waals surface area contributed by atoms with Crippen molar-refractivity contribution in [1.82, 2.24) is 9.80 Å². The third-order valence-electron chi connectivity index (χ3n) is 6.44. The lowest BCUT2D eigenvalue weighted by Gasteiger charge is -2.22. The van der Waals surface area contributed by atoms with E-state index in [1.165, 1.54) is 7.11 Å². The molecular formula is C27H36N2O7S. The van der Waals surface area contributed by atoms with Crippen LogP contribution in [0.3, 0.4) is 0 Å². The van der Waals surface area contributed by atoms with E-state index in [-0.39, 0.29) is 0 Å². The largest absolute Gasteiger partial charge is 0.611 e. The molecule has 37 heavy (non-hydrogen) atoms. The van der Waals surface area contributed by atoms with Crippen LogP contribution in [0.2, 0.25) is 0 Å². The molecule has 1 unspecified atom stereocenters. The Labute approximate surface area is 221 Å². The van der Waals surface area contributed by atoms with Crippen LogP contribution in [0, 0.1) is 0 Å². The lowest BCUT2D eigenvalue weighted by atomic mass is 10.0. The summed E-state index contributed by atoms with van der Waals surface area (Å²) in [6.45, 7) is 2.50. The number of methoxy groups -OCH3 is 4. The molecule has 9 nitrogen and oxygen atoms in total. The fourth-order valence-electron chi connectivity index (χ4n) is 4.35. The first-order valence-electron chi connectivity index (χ1n) is 12.2. The van der Waals surface area contributed by atoms with Gasteiger partial charge in [0.05, 0.1) is 28.4 Å². The number of amides is 1. The maximum Gasteiger partial charge on any atom is 0.294 e. The number of nitrogens with zero attached hydrogens (tertiary/aromatic N) is 2. The van der Waals surface area contributed by atoms with E-state index in [0.29, 0.717) is 58.7 Å². The van der Waals surface area contributed by atoms with Crippen molar-refractivity contribution in [3.05, 3.63) is 41.5 Å². The van der Waals surface area contributed by atoms with Crippen LogP contribution in [0.5, 0.6) is 23.0 Å². The minimum absolute atomic E-state index is 0.379. The Kier molecular flexibility index (Phi) is 10.5. The van der Waals surface area contributed by atoms with Crippen molar-refractivity contribution < 1.29 is 33.1 Å². The normalized spacial score (nSPS) is 14.3. The van der Waals surface area contributed by atoms with Gasteiger partial charge in [0.2, 0.25) is 0 Å². The van der Waals surface area contributed by atoms with Crippen LogP contribution in [0.4, 0.5) is 0 Å². The first-order chi connectivity index (χ1) is 17.8. The molecule has 1 aliphatic rings. The van der Waals surface area contributed by atoms with E-state index >= 15 is 0 Å². The Morgan fingerprint density at radius 1 is 0.892 bits per heavy atom. The van der Waals surface area contributed by atoms with E-state index in [9.17, 15) is 14.1 Å². The van der Waals surface area contributed by atoms with E-state index in [1.807, 2.05) is 7.05 Å². The van der Waals surface area contributed by atoms with E-state index < -0.39 is 22.9 Å². The number of Topliss-reactive ketones (excluding diaryl/α,β-unsaturated/α-hetero) is 1. The van der Waals surface area contributed by atoms with Crippen molar-refractivity contribution in [2.75, 3.05) is 67.4 Å². The molecule has 1 amide bonds. The molecule has 202 valence electrons. The molecule has 2 aromatic rings. The van der Waals surface area contributed by atoms with Crippen molar-refractivity contribution in [2.24, 2.45) is 0 Å². The maximum atomic E-state index is 12.9. The van der Waals surface area contributed by atoms with E-state index in [4.69, 9.17) is 18.9 Å². The summed E-state index contributed by atoms with van der Waals surface area (Å²) in [6, 6.07) is 8.69. The second kappa shape index (κ2) is 13.6. The van der Waals surface area contributed by atoms with Crippen LogP contribution in [-0.4, -0.2) is 93.5 Å². The van der Waals surface area contributed by atoms with Gasteiger partial charge in [0, 0.05) is 37.7 Å². The minimum Gasteiger partial charge on any atom is -0.611 e. The van der Waals surface area contributed by atoms with Crippen LogP contribution in [0.1, 0.15) is 28.8 Å². The van der Waals surface area contributed by atoms with Crippen molar-refractivity contribution in [1.29, 1.82) is 0 Å². The molecule has 0 fully saturated rings. The molecule has 0 bridgehead atoms.